The summed E-state index contributed by atoms with van der Waals surface area (Å²) in [4.78, 5) is 36.1. The molecule has 0 amide bonds. The second kappa shape index (κ2) is 18.7. The number of carbonyl (C=O) groups excluding carboxylic acids is 3. The second-order valence-corrected chi connectivity index (χ2v) is 10.1. The first-order chi connectivity index (χ1) is 15.3. The first-order valence-corrected chi connectivity index (χ1v) is 12.7. The van der Waals surface area contributed by atoms with Gasteiger partial charge in [-0.3, -0.25) is 9.35 Å². The Balaban J connectivity index is 0. The van der Waals surface area contributed by atoms with Crippen molar-refractivity contribution in [2.24, 2.45) is 5.41 Å². The Morgan fingerprint density at radius 2 is 1.15 bits per heavy atom. The number of hydrogen-bond acceptors (Lipinski definition) is 8. The van der Waals surface area contributed by atoms with Crippen molar-refractivity contribution in [1.82, 2.24) is 0 Å². The molecule has 0 aliphatic rings. The average molecular weight is 531 g/mol. The van der Waals surface area contributed by atoms with Crippen molar-refractivity contribution in [3.05, 3.63) is 24.3 Å². The summed E-state index contributed by atoms with van der Waals surface area (Å²) in [5.41, 5.74) is -0.996. The van der Waals surface area contributed by atoms with Gasteiger partial charge in [0.1, 0.15) is 18.6 Å². The molecular weight excluding hydrogens is 491 g/mol. The van der Waals surface area contributed by atoms with Crippen LogP contribution in [0.15, 0.2) is 24.3 Å². The van der Waals surface area contributed by atoms with Crippen LogP contribution < -0.4 is 0 Å². The zero-order valence-corrected chi connectivity index (χ0v) is 20.8. The van der Waals surface area contributed by atoms with Gasteiger partial charge in [0.15, 0.2) is 0 Å². The Morgan fingerprint density at radius 1 is 0.765 bits per heavy atom. The number of esters is 3. The van der Waals surface area contributed by atoms with E-state index >= 15 is 0 Å². The van der Waals surface area contributed by atoms with Crippen molar-refractivity contribution in [3.63, 3.8) is 0 Å². The molecule has 34 heavy (non-hydrogen) atoms. The van der Waals surface area contributed by atoms with Gasteiger partial charge in [-0.25, -0.2) is 9.59 Å². The predicted octanol–water partition coefficient (Wildman–Crippen LogP) is 3.13. The molecule has 0 aliphatic heterocycles. The van der Waals surface area contributed by atoms with Gasteiger partial charge >= 0.3 is 69.3 Å². The van der Waals surface area contributed by atoms with E-state index in [1.165, 1.54) is 20.8 Å². The molecular formula is C23H39KO9S. The second-order valence-electron chi connectivity index (χ2n) is 8.52. The first-order valence-electron chi connectivity index (χ1n) is 11.1. The van der Waals surface area contributed by atoms with Crippen molar-refractivity contribution < 1.29 is 41.6 Å². The summed E-state index contributed by atoms with van der Waals surface area (Å²) in [7, 11) is -3.87. The molecule has 11 heteroatoms. The molecule has 0 heterocycles. The monoisotopic (exact) mass is 530 g/mol. The Bertz CT molecular complexity index is 760. The van der Waals surface area contributed by atoms with Crippen LogP contribution in [0.1, 0.15) is 72.1 Å². The molecule has 0 aromatic carbocycles. The molecule has 0 bridgehead atoms. The molecule has 0 spiro atoms. The van der Waals surface area contributed by atoms with E-state index in [1.54, 1.807) is 0 Å². The summed E-state index contributed by atoms with van der Waals surface area (Å²) in [6.45, 7) is 11.0. The number of unbranched alkanes of at least 4 members (excludes halogenated alkanes) is 7. The third-order valence-electron chi connectivity index (χ3n) is 4.76. The van der Waals surface area contributed by atoms with Crippen LogP contribution in [-0.4, -0.2) is 108 Å². The third kappa shape index (κ3) is 17.8. The van der Waals surface area contributed by atoms with Crippen molar-refractivity contribution in [2.75, 3.05) is 25.6 Å². The molecule has 0 radical (unpaired) electrons. The van der Waals surface area contributed by atoms with E-state index in [4.69, 9.17) is 18.8 Å². The molecule has 0 aliphatic carbocycles. The van der Waals surface area contributed by atoms with Gasteiger partial charge in [0, 0.05) is 11.1 Å². The zero-order valence-electron chi connectivity index (χ0n) is 20.0. The van der Waals surface area contributed by atoms with Gasteiger partial charge in [0.2, 0.25) is 0 Å². The minimum atomic E-state index is -3.87. The van der Waals surface area contributed by atoms with Crippen molar-refractivity contribution in [3.8, 4) is 0 Å². The van der Waals surface area contributed by atoms with E-state index in [0.717, 1.165) is 38.5 Å². The van der Waals surface area contributed by atoms with Crippen molar-refractivity contribution >= 4 is 79.4 Å². The van der Waals surface area contributed by atoms with E-state index in [0.29, 0.717) is 12.8 Å². The van der Waals surface area contributed by atoms with E-state index in [2.05, 4.69) is 13.2 Å². The molecule has 0 aromatic rings. The van der Waals surface area contributed by atoms with Gasteiger partial charge in [-0.15, -0.1) is 0 Å². The molecule has 0 aromatic heterocycles. The molecule has 1 N–H and O–H groups in total. The standard InChI is InChI=1S/C23H38O9S.K.H/c1-18(2)20(24)31-16-23(5,17-32-21(25)19(3)4)22(26)30-14-12-10-8-6-7-9-11-13-15-33(27,28)29;;/h1,3,6-17H2,2,4-5H3,(H,27,28,29);;. The number of hydrogen-bond donors (Lipinski definition) is 1. The topological polar surface area (TPSA) is 133 Å². The molecule has 192 valence electrons. The summed E-state index contributed by atoms with van der Waals surface area (Å²) in [6.07, 6.45) is 6.50. The minimum absolute atomic E-state index is 0. The van der Waals surface area contributed by atoms with Gasteiger partial charge in [0.25, 0.3) is 10.1 Å². The fourth-order valence-electron chi connectivity index (χ4n) is 2.64. The zero-order chi connectivity index (χ0) is 25.5. The van der Waals surface area contributed by atoms with Crippen LogP contribution in [0.5, 0.6) is 0 Å². The molecule has 0 rings (SSSR count). The fraction of sp³-hybridized carbons (Fsp3) is 0.696. The SMILES string of the molecule is C=C(C)C(=O)OCC(C)(COC(=O)C(=C)C)C(=O)OCCCCCCCCCCS(=O)(=O)O.[KH]. The predicted molar refractivity (Wildman–Crippen MR) is 131 cm³/mol. The van der Waals surface area contributed by atoms with Crippen LogP contribution in [0.2, 0.25) is 0 Å². The Morgan fingerprint density at radius 3 is 1.53 bits per heavy atom. The fourth-order valence-corrected chi connectivity index (χ4v) is 3.21. The molecule has 0 fully saturated rings. The normalized spacial score (nSPS) is 11.2. The summed E-state index contributed by atoms with van der Waals surface area (Å²) in [5.74, 6) is -2.14. The van der Waals surface area contributed by atoms with E-state index in [-0.39, 0.29) is 88.1 Å². The summed E-state index contributed by atoms with van der Waals surface area (Å²) in [6, 6.07) is 0. The van der Waals surface area contributed by atoms with E-state index in [9.17, 15) is 22.8 Å². The molecule has 0 saturated heterocycles. The van der Waals surface area contributed by atoms with Gasteiger partial charge in [0.05, 0.1) is 12.4 Å². The molecule has 0 atom stereocenters. The van der Waals surface area contributed by atoms with Crippen LogP contribution in [0.4, 0.5) is 0 Å². The number of rotatable bonds is 18. The van der Waals surface area contributed by atoms with Crippen LogP contribution >= 0.6 is 0 Å². The van der Waals surface area contributed by atoms with E-state index in [1.807, 2.05) is 0 Å². The maximum absolute atomic E-state index is 12.6. The Labute approximate surface area is 246 Å². The van der Waals surface area contributed by atoms with Crippen LogP contribution in [-0.2, 0) is 38.7 Å². The summed E-state index contributed by atoms with van der Waals surface area (Å²) in [5, 5.41) is 0. The van der Waals surface area contributed by atoms with Crippen molar-refractivity contribution in [1.29, 1.82) is 0 Å². The molecule has 0 saturated carbocycles. The van der Waals surface area contributed by atoms with Crippen LogP contribution in [0.25, 0.3) is 0 Å². The van der Waals surface area contributed by atoms with Gasteiger partial charge in [-0.05, 0) is 33.6 Å². The summed E-state index contributed by atoms with van der Waals surface area (Å²) < 4.78 is 45.5. The third-order valence-corrected chi connectivity index (χ3v) is 5.57. The van der Waals surface area contributed by atoms with Gasteiger partial charge in [-0.2, -0.15) is 8.42 Å². The first kappa shape index (κ1) is 35.6. The maximum atomic E-state index is 12.6. The van der Waals surface area contributed by atoms with Gasteiger partial charge in [-0.1, -0.05) is 51.7 Å². The van der Waals surface area contributed by atoms with Crippen LogP contribution in [0.3, 0.4) is 0 Å². The van der Waals surface area contributed by atoms with Crippen LogP contribution in [0, 0.1) is 5.41 Å². The quantitative estimate of drug-likeness (QED) is 0.0708. The Hall–Kier alpha value is -0.564. The molecule has 9 nitrogen and oxygen atoms in total. The Kier molecular flexibility index (Phi) is 19.5. The van der Waals surface area contributed by atoms with E-state index < -0.39 is 33.4 Å². The summed E-state index contributed by atoms with van der Waals surface area (Å²) >= 11 is 0. The average Bonchev–Trinajstić information content (AvgIpc) is 2.72. The molecule has 0 unspecified atom stereocenters. The number of ether oxygens (including phenoxy) is 3. The number of carbonyl (C=O) groups is 3. The van der Waals surface area contributed by atoms with Crippen molar-refractivity contribution in [2.45, 2.75) is 72.1 Å². The van der Waals surface area contributed by atoms with Gasteiger partial charge < -0.3 is 14.2 Å².